The Kier molecular flexibility index (Phi) is 7.08. The molecular weight excluding hydrogens is 378 g/mol. The molecule has 0 aliphatic carbocycles. The topological polar surface area (TPSA) is 35.8 Å². The summed E-state index contributed by atoms with van der Waals surface area (Å²) in [5.74, 6) is 0.889. The predicted octanol–water partition coefficient (Wildman–Crippen LogP) is 3.10. The number of hydrogen-bond acceptors (Lipinski definition) is 2. The Morgan fingerprint density at radius 3 is 2.44 bits per heavy atom. The van der Waals surface area contributed by atoms with Crippen molar-refractivity contribution in [1.29, 1.82) is 0 Å². The average Bonchev–Trinajstić information content (AvgIpc) is 2.89. The van der Waals surface area contributed by atoms with Gasteiger partial charge in [0.25, 0.3) is 0 Å². The summed E-state index contributed by atoms with van der Waals surface area (Å²) in [4.78, 5) is 8.80. The van der Waals surface area contributed by atoms with Gasteiger partial charge in [-0.15, -0.1) is 0 Å². The highest BCUT2D eigenvalue weighted by Crippen LogP contribution is 2.17. The van der Waals surface area contributed by atoms with Crippen molar-refractivity contribution in [3.63, 3.8) is 0 Å². The number of aryl methyl sites for hydroxylation is 1. The molecule has 0 saturated carbocycles. The normalized spacial score (nSPS) is 13.2. The zero-order chi connectivity index (χ0) is 18.4. The molecule has 1 atom stereocenters. The van der Waals surface area contributed by atoms with E-state index in [1.165, 1.54) is 11.3 Å². The Labute approximate surface area is 159 Å². The number of benzene rings is 1. The van der Waals surface area contributed by atoms with Gasteiger partial charge in [0.15, 0.2) is 5.96 Å². The number of rotatable bonds is 6. The quantitative estimate of drug-likeness (QED) is 0.592. The van der Waals surface area contributed by atoms with E-state index in [1.54, 1.807) is 0 Å². The van der Waals surface area contributed by atoms with Crippen molar-refractivity contribution in [3.8, 4) is 0 Å². The second-order valence-electron chi connectivity index (χ2n) is 6.43. The van der Waals surface area contributed by atoms with Crippen LogP contribution in [0.25, 0.3) is 0 Å². The predicted molar refractivity (Wildman–Crippen MR) is 109 cm³/mol. The van der Waals surface area contributed by atoms with Crippen molar-refractivity contribution in [3.05, 3.63) is 58.3 Å². The molecule has 0 bridgehead atoms. The molecule has 6 heteroatoms. The number of likely N-dealkylation sites (N-methyl/N-ethyl adjacent to an activating group) is 1. The van der Waals surface area contributed by atoms with Crippen molar-refractivity contribution < 1.29 is 0 Å². The van der Waals surface area contributed by atoms with Crippen molar-refractivity contribution in [2.45, 2.75) is 12.6 Å². The van der Waals surface area contributed by atoms with Gasteiger partial charge in [0, 0.05) is 44.1 Å². The molecule has 1 N–H and O–H groups in total. The molecule has 0 saturated heterocycles. The SMILES string of the molecule is CN=C(NCC(c1ccccc1)N(C)C)N(C)Cc1cc(Br)cn1C. The fraction of sp³-hybridized carbons (Fsp3) is 0.421. The molecular formula is C19H28BrN5. The highest BCUT2D eigenvalue weighted by atomic mass is 79.9. The van der Waals surface area contributed by atoms with E-state index in [2.05, 4.69) is 105 Å². The van der Waals surface area contributed by atoms with Crippen LogP contribution in [0.2, 0.25) is 0 Å². The Morgan fingerprint density at radius 1 is 1.24 bits per heavy atom. The van der Waals surface area contributed by atoms with E-state index in [9.17, 15) is 0 Å². The molecule has 0 radical (unpaired) electrons. The number of nitrogens with one attached hydrogen (secondary N) is 1. The van der Waals surface area contributed by atoms with E-state index in [0.717, 1.165) is 23.5 Å². The summed E-state index contributed by atoms with van der Waals surface area (Å²) in [6, 6.07) is 13.0. The van der Waals surface area contributed by atoms with Crippen LogP contribution in [-0.2, 0) is 13.6 Å². The molecule has 0 amide bonds. The lowest BCUT2D eigenvalue weighted by atomic mass is 10.1. The highest BCUT2D eigenvalue weighted by molar-refractivity contribution is 9.10. The molecule has 25 heavy (non-hydrogen) atoms. The van der Waals surface area contributed by atoms with Crippen LogP contribution in [0.4, 0.5) is 0 Å². The summed E-state index contributed by atoms with van der Waals surface area (Å²) in [6.07, 6.45) is 2.07. The Bertz CT molecular complexity index is 693. The van der Waals surface area contributed by atoms with Gasteiger partial charge < -0.3 is 19.7 Å². The average molecular weight is 406 g/mol. The fourth-order valence-corrected chi connectivity index (χ4v) is 3.46. The number of nitrogens with zero attached hydrogens (tertiary/aromatic N) is 4. The standard InChI is InChI=1S/C19H28BrN5/c1-21-19(25(5)14-17-11-16(20)13-24(17)4)22-12-18(23(2)3)15-9-7-6-8-10-15/h6-11,13,18H,12,14H2,1-5H3,(H,21,22). The van der Waals surface area contributed by atoms with Gasteiger partial charge in [-0.25, -0.2) is 0 Å². The van der Waals surface area contributed by atoms with Gasteiger partial charge in [0.1, 0.15) is 0 Å². The molecule has 1 unspecified atom stereocenters. The van der Waals surface area contributed by atoms with Gasteiger partial charge in [0.05, 0.1) is 12.6 Å². The molecule has 0 fully saturated rings. The van der Waals surface area contributed by atoms with Crippen LogP contribution < -0.4 is 5.32 Å². The van der Waals surface area contributed by atoms with Gasteiger partial charge in [-0.3, -0.25) is 4.99 Å². The summed E-state index contributed by atoms with van der Waals surface area (Å²) in [7, 11) is 10.2. The Balaban J connectivity index is 2.02. The molecule has 1 aromatic carbocycles. The van der Waals surface area contributed by atoms with Crippen LogP contribution in [0, 0.1) is 0 Å². The molecule has 0 spiro atoms. The van der Waals surface area contributed by atoms with Crippen LogP contribution in [0.1, 0.15) is 17.3 Å². The van der Waals surface area contributed by atoms with Crippen LogP contribution in [0.5, 0.6) is 0 Å². The maximum absolute atomic E-state index is 4.44. The van der Waals surface area contributed by atoms with Gasteiger partial charge in [-0.2, -0.15) is 0 Å². The second-order valence-corrected chi connectivity index (χ2v) is 7.35. The first kappa shape index (κ1) is 19.5. The fourth-order valence-electron chi connectivity index (χ4n) is 2.89. The third kappa shape index (κ3) is 5.34. The molecule has 136 valence electrons. The molecule has 2 aromatic rings. The number of aromatic nitrogens is 1. The van der Waals surface area contributed by atoms with E-state index < -0.39 is 0 Å². The molecule has 1 heterocycles. The number of halogens is 1. The molecule has 2 rings (SSSR count). The highest BCUT2D eigenvalue weighted by Gasteiger charge is 2.16. The number of guanidine groups is 1. The lowest BCUT2D eigenvalue weighted by Crippen LogP contribution is -2.42. The van der Waals surface area contributed by atoms with Gasteiger partial charge >= 0.3 is 0 Å². The second kappa shape index (κ2) is 9.06. The zero-order valence-corrected chi connectivity index (χ0v) is 17.3. The van der Waals surface area contributed by atoms with Gasteiger partial charge in [0.2, 0.25) is 0 Å². The summed E-state index contributed by atoms with van der Waals surface area (Å²) in [5.41, 5.74) is 2.52. The summed E-state index contributed by atoms with van der Waals surface area (Å²) >= 11 is 3.53. The van der Waals surface area contributed by atoms with E-state index in [0.29, 0.717) is 0 Å². The summed E-state index contributed by atoms with van der Waals surface area (Å²) < 4.78 is 3.22. The Hall–Kier alpha value is -1.79. The van der Waals surface area contributed by atoms with E-state index in [4.69, 9.17) is 0 Å². The third-order valence-corrected chi connectivity index (χ3v) is 4.74. The summed E-state index contributed by atoms with van der Waals surface area (Å²) in [5, 5.41) is 3.51. The van der Waals surface area contributed by atoms with Crippen molar-refractivity contribution in [2.75, 3.05) is 34.7 Å². The van der Waals surface area contributed by atoms with Crippen molar-refractivity contribution in [1.82, 2.24) is 19.7 Å². The maximum Gasteiger partial charge on any atom is 0.193 e. The van der Waals surface area contributed by atoms with E-state index >= 15 is 0 Å². The van der Waals surface area contributed by atoms with E-state index in [-0.39, 0.29) is 6.04 Å². The largest absolute Gasteiger partial charge is 0.354 e. The van der Waals surface area contributed by atoms with Gasteiger partial charge in [-0.05, 0) is 41.7 Å². The van der Waals surface area contributed by atoms with Gasteiger partial charge in [-0.1, -0.05) is 30.3 Å². The van der Waals surface area contributed by atoms with Crippen LogP contribution >= 0.6 is 15.9 Å². The first-order valence-electron chi connectivity index (χ1n) is 8.36. The maximum atomic E-state index is 4.44. The smallest absolute Gasteiger partial charge is 0.193 e. The van der Waals surface area contributed by atoms with Crippen molar-refractivity contribution >= 4 is 21.9 Å². The van der Waals surface area contributed by atoms with Crippen molar-refractivity contribution in [2.24, 2.45) is 12.0 Å². The molecule has 1 aromatic heterocycles. The minimum atomic E-state index is 0.288. The third-order valence-electron chi connectivity index (χ3n) is 4.31. The molecule has 0 aliphatic heterocycles. The summed E-state index contributed by atoms with van der Waals surface area (Å²) in [6.45, 7) is 1.59. The first-order valence-corrected chi connectivity index (χ1v) is 9.15. The lowest BCUT2D eigenvalue weighted by Gasteiger charge is -2.28. The van der Waals surface area contributed by atoms with Crippen LogP contribution in [-0.4, -0.2) is 55.1 Å². The van der Waals surface area contributed by atoms with Crippen LogP contribution in [0.3, 0.4) is 0 Å². The monoisotopic (exact) mass is 405 g/mol. The minimum Gasteiger partial charge on any atom is -0.354 e. The van der Waals surface area contributed by atoms with E-state index in [1.807, 2.05) is 13.1 Å². The first-order chi connectivity index (χ1) is 11.9. The lowest BCUT2D eigenvalue weighted by molar-refractivity contribution is 0.295. The Morgan fingerprint density at radius 2 is 1.92 bits per heavy atom. The molecule has 0 aliphatic rings. The zero-order valence-electron chi connectivity index (χ0n) is 15.7. The molecule has 5 nitrogen and oxygen atoms in total. The minimum absolute atomic E-state index is 0.288. The van der Waals surface area contributed by atoms with Crippen LogP contribution in [0.15, 0.2) is 52.1 Å². The number of aliphatic imine (C=N–C) groups is 1. The number of hydrogen-bond donors (Lipinski definition) is 1.